The number of thiazole rings is 1. The van der Waals surface area contributed by atoms with Crippen LogP contribution in [0.25, 0.3) is 0 Å². The Labute approximate surface area is 223 Å². The van der Waals surface area contributed by atoms with Gasteiger partial charge >= 0.3 is 0 Å². The molecule has 8 nitrogen and oxygen atoms in total. The number of nitrogens with zero attached hydrogens (tertiary/aromatic N) is 2. The lowest BCUT2D eigenvalue weighted by molar-refractivity contribution is 0.104. The van der Waals surface area contributed by atoms with Crippen LogP contribution in [0.5, 0.6) is 0 Å². The molecule has 0 atom stereocenters. The molecule has 0 bridgehead atoms. The van der Waals surface area contributed by atoms with Gasteiger partial charge < -0.3 is 16.0 Å². The molecule has 1 aromatic heterocycles. The Balaban J connectivity index is 0.00000432. The number of halogens is 2. The summed E-state index contributed by atoms with van der Waals surface area (Å²) < 4.78 is 27.2. The molecule has 196 valence electrons. The van der Waals surface area contributed by atoms with Crippen molar-refractivity contribution in [1.82, 2.24) is 14.6 Å². The van der Waals surface area contributed by atoms with Crippen LogP contribution in [0, 0.1) is 5.92 Å². The molecule has 1 saturated carbocycles. The van der Waals surface area contributed by atoms with E-state index >= 15 is 0 Å². The first-order valence-electron chi connectivity index (χ1n) is 11.4. The number of nitrogens with two attached hydrogens (primary N) is 1. The molecule has 2 aromatic rings. The highest BCUT2D eigenvalue weighted by atomic mass is 35.5. The molecule has 1 fully saturated rings. The molecule has 35 heavy (non-hydrogen) atoms. The molecule has 1 heterocycles. The van der Waals surface area contributed by atoms with Crippen LogP contribution in [0.4, 0.5) is 10.9 Å². The van der Waals surface area contributed by atoms with E-state index in [0.29, 0.717) is 27.1 Å². The topological polar surface area (TPSA) is 117 Å². The summed E-state index contributed by atoms with van der Waals surface area (Å²) in [5.74, 6) is 0.175. The molecule has 12 heteroatoms. The van der Waals surface area contributed by atoms with Crippen LogP contribution < -0.4 is 15.8 Å². The summed E-state index contributed by atoms with van der Waals surface area (Å²) in [6.07, 6.45) is 3.10. The molecule has 1 aliphatic carbocycles. The minimum atomic E-state index is -3.26. The molecule has 0 spiro atoms. The van der Waals surface area contributed by atoms with Crippen molar-refractivity contribution < 1.29 is 13.2 Å². The number of benzene rings is 1. The molecule has 0 unspecified atom stereocenters. The lowest BCUT2D eigenvalue weighted by Gasteiger charge is -2.29. The summed E-state index contributed by atoms with van der Waals surface area (Å²) in [6.45, 7) is 4.49. The predicted octanol–water partition coefficient (Wildman–Crippen LogP) is 4.39. The number of aromatic nitrogens is 1. The van der Waals surface area contributed by atoms with Gasteiger partial charge in [-0.2, -0.15) is 0 Å². The maximum atomic E-state index is 13.2. The van der Waals surface area contributed by atoms with Crippen molar-refractivity contribution >= 4 is 62.1 Å². The van der Waals surface area contributed by atoms with Crippen LogP contribution in [0.15, 0.2) is 18.2 Å². The number of nitrogens with one attached hydrogen (secondary N) is 2. The van der Waals surface area contributed by atoms with Gasteiger partial charge in [0, 0.05) is 24.2 Å². The van der Waals surface area contributed by atoms with Crippen molar-refractivity contribution in [2.45, 2.75) is 58.2 Å². The van der Waals surface area contributed by atoms with Gasteiger partial charge in [0.15, 0.2) is 5.13 Å². The van der Waals surface area contributed by atoms with E-state index in [2.05, 4.69) is 15.0 Å². The van der Waals surface area contributed by atoms with Gasteiger partial charge in [0.2, 0.25) is 15.8 Å². The third kappa shape index (κ3) is 8.58. The second-order valence-corrected chi connectivity index (χ2v) is 12.8. The van der Waals surface area contributed by atoms with Crippen LogP contribution in [0.3, 0.4) is 0 Å². The number of anilines is 2. The largest absolute Gasteiger partial charge is 0.382 e. The monoisotopic (exact) mass is 563 g/mol. The van der Waals surface area contributed by atoms with Crippen LogP contribution >= 0.6 is 35.3 Å². The molecular weight excluding hydrogens is 529 g/mol. The minimum Gasteiger partial charge on any atom is -0.382 e. The Morgan fingerprint density at radius 1 is 1.23 bits per heavy atom. The Kier molecular flexibility index (Phi) is 10.8. The molecule has 0 saturated heterocycles. The number of nitrogen functional groups attached to an aromatic ring is 1. The van der Waals surface area contributed by atoms with Gasteiger partial charge in [-0.05, 0) is 63.4 Å². The SMILES string of the molecule is CC(C)CS(=O)(=O)N[C@H]1CC[C@H](Nc2nc(N)c(C(=O)c3cc(CN(C)C)ccc3Cl)s2)CC1.Cl. The van der Waals surface area contributed by atoms with Crippen molar-refractivity contribution in [2.24, 2.45) is 5.92 Å². The molecule has 0 amide bonds. The number of hydrogen-bond donors (Lipinski definition) is 3. The van der Waals surface area contributed by atoms with Crippen LogP contribution in [-0.2, 0) is 16.6 Å². The van der Waals surface area contributed by atoms with Gasteiger partial charge in [-0.15, -0.1) is 12.4 Å². The van der Waals surface area contributed by atoms with Gasteiger partial charge in [-0.25, -0.2) is 18.1 Å². The molecule has 4 N–H and O–H groups in total. The minimum absolute atomic E-state index is 0. The molecule has 0 aliphatic heterocycles. The first-order valence-corrected chi connectivity index (χ1v) is 14.3. The maximum absolute atomic E-state index is 13.2. The molecule has 0 radical (unpaired) electrons. The van der Waals surface area contributed by atoms with Crippen LogP contribution in [0.1, 0.15) is 60.3 Å². The average molecular weight is 565 g/mol. The van der Waals surface area contributed by atoms with Gasteiger partial charge in [0.05, 0.1) is 10.8 Å². The second-order valence-electron chi connectivity index (χ2n) is 9.60. The van der Waals surface area contributed by atoms with Crippen molar-refractivity contribution in [2.75, 3.05) is 30.9 Å². The molecule has 1 aromatic carbocycles. The second kappa shape index (κ2) is 12.7. The zero-order valence-electron chi connectivity index (χ0n) is 20.5. The van der Waals surface area contributed by atoms with E-state index in [9.17, 15) is 13.2 Å². The van der Waals surface area contributed by atoms with Crippen LogP contribution in [0.2, 0.25) is 5.02 Å². The number of ketones is 1. The summed E-state index contributed by atoms with van der Waals surface area (Å²) in [7, 11) is 0.667. The Hall–Kier alpha value is -1.43. The number of rotatable bonds is 10. The standard InChI is InChI=1S/C23H34ClN5O3S2.ClH/c1-14(2)13-34(31,32)28-17-8-6-16(7-9-17)26-23-27-22(25)21(33-23)20(30)18-11-15(12-29(3)4)5-10-19(18)24;/h5,10-11,14,16-17,28H,6-9,12-13,25H2,1-4H3,(H,26,27);1H/t16-,17-;. The van der Waals surface area contributed by atoms with Crippen molar-refractivity contribution in [3.63, 3.8) is 0 Å². The smallest absolute Gasteiger partial charge is 0.212 e. The van der Waals surface area contributed by atoms with E-state index in [-0.39, 0.29) is 47.8 Å². The zero-order chi connectivity index (χ0) is 25.0. The normalized spacial score (nSPS) is 18.5. The van der Waals surface area contributed by atoms with Gasteiger partial charge in [0.1, 0.15) is 10.7 Å². The molecular formula is C23H35Cl2N5O3S2. The molecule has 1 aliphatic rings. The zero-order valence-corrected chi connectivity index (χ0v) is 23.7. The summed E-state index contributed by atoms with van der Waals surface area (Å²) in [6, 6.07) is 5.54. The Bertz CT molecular complexity index is 1110. The van der Waals surface area contributed by atoms with E-state index in [1.807, 2.05) is 38.9 Å². The van der Waals surface area contributed by atoms with E-state index < -0.39 is 10.0 Å². The fourth-order valence-corrected chi connectivity index (χ4v) is 7.00. The van der Waals surface area contributed by atoms with Crippen molar-refractivity contribution in [1.29, 1.82) is 0 Å². The first kappa shape index (κ1) is 29.8. The fraction of sp³-hybridized carbons (Fsp3) is 0.565. The van der Waals surface area contributed by atoms with Gasteiger partial charge in [-0.3, -0.25) is 4.79 Å². The number of hydrogen-bond acceptors (Lipinski definition) is 8. The highest BCUT2D eigenvalue weighted by molar-refractivity contribution is 7.89. The maximum Gasteiger partial charge on any atom is 0.212 e. The summed E-state index contributed by atoms with van der Waals surface area (Å²) in [5.41, 5.74) is 7.50. The quantitative estimate of drug-likeness (QED) is 0.367. The van der Waals surface area contributed by atoms with Crippen molar-refractivity contribution in [3.05, 3.63) is 39.2 Å². The van der Waals surface area contributed by atoms with E-state index in [1.165, 1.54) is 11.3 Å². The highest BCUT2D eigenvalue weighted by Gasteiger charge is 2.27. The van der Waals surface area contributed by atoms with E-state index in [0.717, 1.165) is 31.2 Å². The highest BCUT2D eigenvalue weighted by Crippen LogP contribution is 2.32. The lowest BCUT2D eigenvalue weighted by Crippen LogP contribution is -2.41. The third-order valence-electron chi connectivity index (χ3n) is 5.59. The molecule has 3 rings (SSSR count). The lowest BCUT2D eigenvalue weighted by atomic mass is 9.92. The Morgan fingerprint density at radius 3 is 2.46 bits per heavy atom. The number of sulfonamides is 1. The van der Waals surface area contributed by atoms with E-state index in [4.69, 9.17) is 17.3 Å². The summed E-state index contributed by atoms with van der Waals surface area (Å²) in [4.78, 5) is 19.9. The fourth-order valence-electron chi connectivity index (χ4n) is 4.16. The first-order chi connectivity index (χ1) is 15.9. The summed E-state index contributed by atoms with van der Waals surface area (Å²) >= 11 is 7.55. The Morgan fingerprint density at radius 2 is 1.86 bits per heavy atom. The van der Waals surface area contributed by atoms with Crippen molar-refractivity contribution in [3.8, 4) is 0 Å². The van der Waals surface area contributed by atoms with Gasteiger partial charge in [0.25, 0.3) is 0 Å². The number of carbonyl (C=O) groups is 1. The predicted molar refractivity (Wildman–Crippen MR) is 147 cm³/mol. The van der Waals surface area contributed by atoms with Gasteiger partial charge in [-0.1, -0.05) is 42.9 Å². The van der Waals surface area contributed by atoms with E-state index in [1.54, 1.807) is 12.1 Å². The summed E-state index contributed by atoms with van der Waals surface area (Å²) in [5, 5.41) is 4.35. The number of carbonyl (C=O) groups excluding carboxylic acids is 1. The van der Waals surface area contributed by atoms with Crippen LogP contribution in [-0.4, -0.2) is 56.0 Å². The average Bonchev–Trinajstić information content (AvgIpc) is 3.08. The third-order valence-corrected chi connectivity index (χ3v) is 8.72.